The van der Waals surface area contributed by atoms with Crippen molar-refractivity contribution in [1.82, 2.24) is 4.90 Å². The van der Waals surface area contributed by atoms with Crippen molar-refractivity contribution in [3.05, 3.63) is 76.6 Å². The molecule has 1 aliphatic rings. The molecule has 142 valence electrons. The van der Waals surface area contributed by atoms with Crippen molar-refractivity contribution in [2.24, 2.45) is 0 Å². The summed E-state index contributed by atoms with van der Waals surface area (Å²) in [6.07, 6.45) is 0. The number of nitrogens with zero attached hydrogens (tertiary/aromatic N) is 1. The van der Waals surface area contributed by atoms with Gasteiger partial charge in [0.05, 0.1) is 6.61 Å². The zero-order valence-electron chi connectivity index (χ0n) is 15.0. The van der Waals surface area contributed by atoms with Crippen LogP contribution in [0.4, 0.5) is 5.69 Å². The normalized spacial score (nSPS) is 16.9. The molecule has 1 aliphatic heterocycles. The Morgan fingerprint density at radius 3 is 2.64 bits per heavy atom. The number of morpholine rings is 1. The van der Waals surface area contributed by atoms with Crippen LogP contribution < -0.4 is 10.9 Å². The molecule has 4 rings (SSSR count). The number of nitrogens with one attached hydrogen (secondary N) is 1. The molecule has 1 N–H and O–H groups in total. The highest BCUT2D eigenvalue weighted by Crippen LogP contribution is 2.18. The minimum Gasteiger partial charge on any atom is -0.421 e. The van der Waals surface area contributed by atoms with E-state index in [0.717, 1.165) is 5.56 Å². The monoisotopic (exact) mass is 378 g/mol. The molecule has 0 saturated carbocycles. The second-order valence-corrected chi connectivity index (χ2v) is 6.51. The highest BCUT2D eigenvalue weighted by atomic mass is 16.5. The van der Waals surface area contributed by atoms with E-state index in [4.69, 9.17) is 9.15 Å². The number of carbonyl (C=O) groups excluding carboxylic acids is 2. The van der Waals surface area contributed by atoms with Crippen LogP contribution in [0.3, 0.4) is 0 Å². The SMILES string of the molecule is O=C(Nc1cc2ccccc2oc1=O)[C@H]1COCC(=O)N1Cc1ccccc1. The first kappa shape index (κ1) is 17.9. The number of carbonyl (C=O) groups is 2. The van der Waals surface area contributed by atoms with Gasteiger partial charge < -0.3 is 19.4 Å². The number of hydrogen-bond donors (Lipinski definition) is 1. The number of fused-ring (bicyclic) bond motifs is 1. The van der Waals surface area contributed by atoms with Gasteiger partial charge in [-0.15, -0.1) is 0 Å². The van der Waals surface area contributed by atoms with E-state index in [-0.39, 0.29) is 31.4 Å². The fourth-order valence-electron chi connectivity index (χ4n) is 3.17. The zero-order chi connectivity index (χ0) is 19.5. The summed E-state index contributed by atoms with van der Waals surface area (Å²) >= 11 is 0. The summed E-state index contributed by atoms with van der Waals surface area (Å²) in [7, 11) is 0. The minimum atomic E-state index is -0.840. The Balaban J connectivity index is 1.58. The highest BCUT2D eigenvalue weighted by Gasteiger charge is 2.34. The van der Waals surface area contributed by atoms with Crippen molar-refractivity contribution >= 4 is 28.5 Å². The minimum absolute atomic E-state index is 0.0291. The van der Waals surface area contributed by atoms with Gasteiger partial charge in [0.25, 0.3) is 0 Å². The fourth-order valence-corrected chi connectivity index (χ4v) is 3.17. The number of rotatable bonds is 4. The topological polar surface area (TPSA) is 88.9 Å². The van der Waals surface area contributed by atoms with E-state index in [1.807, 2.05) is 36.4 Å². The van der Waals surface area contributed by atoms with E-state index in [0.29, 0.717) is 11.0 Å². The molecular weight excluding hydrogens is 360 g/mol. The van der Waals surface area contributed by atoms with Gasteiger partial charge in [-0.1, -0.05) is 48.5 Å². The number of para-hydroxylation sites is 1. The van der Waals surface area contributed by atoms with Crippen molar-refractivity contribution in [2.45, 2.75) is 12.6 Å². The number of hydrogen-bond acceptors (Lipinski definition) is 5. The van der Waals surface area contributed by atoms with E-state index >= 15 is 0 Å². The van der Waals surface area contributed by atoms with Gasteiger partial charge in [-0.3, -0.25) is 9.59 Å². The summed E-state index contributed by atoms with van der Waals surface area (Å²) < 4.78 is 10.5. The van der Waals surface area contributed by atoms with Gasteiger partial charge in [-0.05, 0) is 17.7 Å². The van der Waals surface area contributed by atoms with Crippen LogP contribution in [-0.2, 0) is 20.9 Å². The van der Waals surface area contributed by atoms with Crippen molar-refractivity contribution in [3.8, 4) is 0 Å². The van der Waals surface area contributed by atoms with Crippen LogP contribution >= 0.6 is 0 Å². The first-order chi connectivity index (χ1) is 13.6. The summed E-state index contributed by atoms with van der Waals surface area (Å²) in [5, 5.41) is 3.28. The maximum atomic E-state index is 12.8. The highest BCUT2D eigenvalue weighted by molar-refractivity contribution is 5.98. The van der Waals surface area contributed by atoms with Crippen LogP contribution in [0, 0.1) is 0 Å². The molecule has 0 radical (unpaired) electrons. The first-order valence-electron chi connectivity index (χ1n) is 8.87. The Bertz CT molecular complexity index is 1080. The van der Waals surface area contributed by atoms with Crippen LogP contribution in [0.2, 0.25) is 0 Å². The smallest absolute Gasteiger partial charge is 0.360 e. The first-order valence-corrected chi connectivity index (χ1v) is 8.87. The number of ether oxygens (including phenoxy) is 1. The van der Waals surface area contributed by atoms with E-state index in [1.54, 1.807) is 24.3 Å². The Kier molecular flexibility index (Phi) is 4.90. The van der Waals surface area contributed by atoms with E-state index < -0.39 is 17.6 Å². The van der Waals surface area contributed by atoms with Gasteiger partial charge in [0, 0.05) is 11.9 Å². The lowest BCUT2D eigenvalue weighted by Gasteiger charge is -2.34. The average Bonchev–Trinajstić information content (AvgIpc) is 2.71. The molecule has 0 aliphatic carbocycles. The standard InChI is InChI=1S/C21H18N2O5/c24-19-13-27-12-17(23(19)11-14-6-2-1-3-7-14)20(25)22-16-10-15-8-4-5-9-18(15)28-21(16)26/h1-10,17H,11-13H2,(H,22,25)/t17-/m1/s1. The van der Waals surface area contributed by atoms with Gasteiger partial charge in [-0.25, -0.2) is 4.79 Å². The lowest BCUT2D eigenvalue weighted by atomic mass is 10.1. The van der Waals surface area contributed by atoms with Crippen LogP contribution in [-0.4, -0.2) is 36.0 Å². The lowest BCUT2D eigenvalue weighted by Crippen LogP contribution is -2.54. The van der Waals surface area contributed by atoms with Crippen LogP contribution in [0.1, 0.15) is 5.56 Å². The van der Waals surface area contributed by atoms with Gasteiger partial charge in [0.15, 0.2) is 0 Å². The molecule has 2 amide bonds. The van der Waals surface area contributed by atoms with Gasteiger partial charge in [0.1, 0.15) is 23.9 Å². The molecule has 2 aromatic carbocycles. The number of amides is 2. The lowest BCUT2D eigenvalue weighted by molar-refractivity contribution is -0.154. The van der Waals surface area contributed by atoms with Crippen LogP contribution in [0.5, 0.6) is 0 Å². The molecule has 1 aromatic heterocycles. The quantitative estimate of drug-likeness (QED) is 0.703. The summed E-state index contributed by atoms with van der Waals surface area (Å²) in [6.45, 7) is 0.269. The zero-order valence-corrected chi connectivity index (χ0v) is 15.0. The molecule has 7 heteroatoms. The second-order valence-electron chi connectivity index (χ2n) is 6.51. The van der Waals surface area contributed by atoms with Crippen molar-refractivity contribution < 1.29 is 18.7 Å². The molecule has 7 nitrogen and oxygen atoms in total. The number of anilines is 1. The van der Waals surface area contributed by atoms with Crippen LogP contribution in [0.25, 0.3) is 11.0 Å². The van der Waals surface area contributed by atoms with Gasteiger partial charge in [0.2, 0.25) is 11.8 Å². The predicted octanol–water partition coefficient (Wildman–Crippen LogP) is 2.16. The predicted molar refractivity (Wildman–Crippen MR) is 103 cm³/mol. The largest absolute Gasteiger partial charge is 0.421 e. The Morgan fingerprint density at radius 2 is 1.82 bits per heavy atom. The molecule has 1 fully saturated rings. The Hall–Kier alpha value is -3.45. The maximum Gasteiger partial charge on any atom is 0.360 e. The van der Waals surface area contributed by atoms with E-state index in [9.17, 15) is 14.4 Å². The van der Waals surface area contributed by atoms with Gasteiger partial charge >= 0.3 is 5.63 Å². The summed E-state index contributed by atoms with van der Waals surface area (Å²) in [5.74, 6) is -0.771. The summed E-state index contributed by atoms with van der Waals surface area (Å²) in [5.41, 5.74) is 0.722. The maximum absolute atomic E-state index is 12.8. The Morgan fingerprint density at radius 1 is 1.07 bits per heavy atom. The fraction of sp³-hybridized carbons (Fsp3) is 0.190. The third kappa shape index (κ3) is 3.65. The molecule has 3 aromatic rings. The van der Waals surface area contributed by atoms with Gasteiger partial charge in [-0.2, -0.15) is 0 Å². The summed E-state index contributed by atoms with van der Waals surface area (Å²) in [6, 6.07) is 17.1. The van der Waals surface area contributed by atoms with E-state index in [2.05, 4.69) is 5.32 Å². The summed E-state index contributed by atoms with van der Waals surface area (Å²) in [4.78, 5) is 38.8. The Labute approximate surface area is 160 Å². The number of benzene rings is 2. The third-order valence-corrected chi connectivity index (χ3v) is 4.60. The molecular formula is C21H18N2O5. The molecule has 1 atom stereocenters. The van der Waals surface area contributed by atoms with Crippen molar-refractivity contribution in [1.29, 1.82) is 0 Å². The second kappa shape index (κ2) is 7.66. The third-order valence-electron chi connectivity index (χ3n) is 4.60. The molecule has 28 heavy (non-hydrogen) atoms. The molecule has 2 heterocycles. The average molecular weight is 378 g/mol. The van der Waals surface area contributed by atoms with E-state index in [1.165, 1.54) is 4.90 Å². The van der Waals surface area contributed by atoms with Crippen molar-refractivity contribution in [3.63, 3.8) is 0 Å². The molecule has 0 bridgehead atoms. The molecule has 0 unspecified atom stereocenters. The van der Waals surface area contributed by atoms with Crippen molar-refractivity contribution in [2.75, 3.05) is 18.5 Å². The molecule has 0 spiro atoms. The van der Waals surface area contributed by atoms with Crippen LogP contribution in [0.15, 0.2) is 69.9 Å². The molecule has 1 saturated heterocycles.